The molecule has 1 aliphatic heterocycles. The molecule has 1 atom stereocenters. The van der Waals surface area contributed by atoms with Gasteiger partial charge >= 0.3 is 0 Å². The molecular formula is C26H35N5O2S. The van der Waals surface area contributed by atoms with Gasteiger partial charge in [-0.1, -0.05) is 20.8 Å². The first-order valence-corrected chi connectivity index (χ1v) is 13.1. The monoisotopic (exact) mass is 481 g/mol. The lowest BCUT2D eigenvalue weighted by atomic mass is 9.72. The van der Waals surface area contributed by atoms with Gasteiger partial charge in [-0.2, -0.15) is 10.4 Å². The highest BCUT2D eigenvalue weighted by atomic mass is 32.1. The average Bonchev–Trinajstić information content (AvgIpc) is 3.27. The minimum absolute atomic E-state index is 0.00691. The molecule has 0 radical (unpaired) electrons. The van der Waals surface area contributed by atoms with Crippen LogP contribution in [0, 0.1) is 36.5 Å². The van der Waals surface area contributed by atoms with Gasteiger partial charge < -0.3 is 10.2 Å². The number of anilines is 1. The van der Waals surface area contributed by atoms with E-state index < -0.39 is 0 Å². The summed E-state index contributed by atoms with van der Waals surface area (Å²) in [7, 11) is 0. The molecule has 2 amide bonds. The van der Waals surface area contributed by atoms with Gasteiger partial charge in [0.15, 0.2) is 0 Å². The number of fused-ring (bicyclic) bond motifs is 1. The third-order valence-electron chi connectivity index (χ3n) is 7.39. The molecule has 4 rings (SSSR count). The molecule has 0 saturated carbocycles. The van der Waals surface area contributed by atoms with Crippen LogP contribution in [-0.2, 0) is 24.2 Å². The molecule has 34 heavy (non-hydrogen) atoms. The van der Waals surface area contributed by atoms with Gasteiger partial charge in [-0.05, 0) is 69.3 Å². The number of nitriles is 1. The molecule has 7 nitrogen and oxygen atoms in total. The van der Waals surface area contributed by atoms with Crippen LogP contribution in [0.1, 0.15) is 84.2 Å². The highest BCUT2D eigenvalue weighted by molar-refractivity contribution is 7.16. The highest BCUT2D eigenvalue weighted by Gasteiger charge is 2.32. The average molecular weight is 482 g/mol. The van der Waals surface area contributed by atoms with E-state index in [0.717, 1.165) is 57.2 Å². The first kappa shape index (κ1) is 24.5. The number of aromatic nitrogens is 2. The molecule has 2 aliphatic rings. The van der Waals surface area contributed by atoms with Gasteiger partial charge in [0, 0.05) is 23.7 Å². The van der Waals surface area contributed by atoms with E-state index in [2.05, 4.69) is 37.3 Å². The van der Waals surface area contributed by atoms with Crippen LogP contribution in [0.15, 0.2) is 0 Å². The Labute approximate surface area is 206 Å². The number of rotatable bonds is 4. The van der Waals surface area contributed by atoms with Crippen LogP contribution in [0.25, 0.3) is 0 Å². The Hall–Kier alpha value is -2.66. The van der Waals surface area contributed by atoms with Crippen LogP contribution in [-0.4, -0.2) is 39.6 Å². The van der Waals surface area contributed by atoms with Gasteiger partial charge in [0.2, 0.25) is 5.91 Å². The molecular weight excluding hydrogens is 446 g/mol. The second kappa shape index (κ2) is 9.53. The van der Waals surface area contributed by atoms with Gasteiger partial charge in [0.1, 0.15) is 17.6 Å². The number of hydrogen-bond acceptors (Lipinski definition) is 5. The number of carbonyl (C=O) groups is 2. The highest BCUT2D eigenvalue weighted by Crippen LogP contribution is 2.44. The lowest BCUT2D eigenvalue weighted by molar-refractivity contribution is -0.116. The van der Waals surface area contributed by atoms with Gasteiger partial charge in [-0.25, -0.2) is 0 Å². The smallest absolute Gasteiger partial charge is 0.257 e. The number of nitrogens with one attached hydrogen (secondary N) is 1. The van der Waals surface area contributed by atoms with Gasteiger partial charge in [-0.3, -0.25) is 14.3 Å². The van der Waals surface area contributed by atoms with E-state index in [1.807, 2.05) is 18.7 Å². The number of amides is 2. The Morgan fingerprint density at radius 3 is 2.56 bits per heavy atom. The molecule has 3 heterocycles. The third-order valence-corrected chi connectivity index (χ3v) is 8.56. The van der Waals surface area contributed by atoms with E-state index in [4.69, 9.17) is 0 Å². The second-order valence-corrected chi connectivity index (χ2v) is 11.8. The molecule has 1 unspecified atom stereocenters. The van der Waals surface area contributed by atoms with Crippen LogP contribution in [0.4, 0.5) is 5.00 Å². The summed E-state index contributed by atoms with van der Waals surface area (Å²) in [4.78, 5) is 29.1. The Bertz CT molecular complexity index is 1140. The molecule has 1 fully saturated rings. The summed E-state index contributed by atoms with van der Waals surface area (Å²) in [6, 6.07) is 2.33. The van der Waals surface area contributed by atoms with E-state index in [0.29, 0.717) is 33.4 Å². The molecule has 0 spiro atoms. The third kappa shape index (κ3) is 4.76. The van der Waals surface area contributed by atoms with Crippen molar-refractivity contribution >= 4 is 28.2 Å². The van der Waals surface area contributed by atoms with E-state index in [9.17, 15) is 14.9 Å². The summed E-state index contributed by atoms with van der Waals surface area (Å²) in [5, 5.41) is 17.9. The Morgan fingerprint density at radius 1 is 1.21 bits per heavy atom. The van der Waals surface area contributed by atoms with Crippen molar-refractivity contribution in [2.75, 3.05) is 18.4 Å². The summed E-state index contributed by atoms with van der Waals surface area (Å²) in [6.45, 7) is 12.0. The fourth-order valence-electron chi connectivity index (χ4n) is 5.25. The zero-order valence-electron chi connectivity index (χ0n) is 21.0. The van der Waals surface area contributed by atoms with E-state index in [1.54, 1.807) is 4.68 Å². The van der Waals surface area contributed by atoms with Crippen molar-refractivity contribution in [3.05, 3.63) is 33.0 Å². The lowest BCUT2D eigenvalue weighted by Crippen LogP contribution is -2.36. The number of hydrogen-bond donors (Lipinski definition) is 1. The normalized spacial score (nSPS) is 18.4. The molecule has 2 aromatic heterocycles. The van der Waals surface area contributed by atoms with Crippen LogP contribution >= 0.6 is 11.3 Å². The molecule has 1 aliphatic carbocycles. The Kier molecular flexibility index (Phi) is 6.86. The summed E-state index contributed by atoms with van der Waals surface area (Å²) < 4.78 is 1.61. The van der Waals surface area contributed by atoms with E-state index >= 15 is 0 Å². The van der Waals surface area contributed by atoms with Crippen molar-refractivity contribution in [2.45, 2.75) is 79.7 Å². The van der Waals surface area contributed by atoms with Crippen LogP contribution in [0.3, 0.4) is 0 Å². The van der Waals surface area contributed by atoms with Crippen molar-refractivity contribution < 1.29 is 9.59 Å². The van der Waals surface area contributed by atoms with Crippen molar-refractivity contribution in [3.8, 4) is 6.07 Å². The summed E-state index contributed by atoms with van der Waals surface area (Å²) >= 11 is 1.54. The molecule has 1 saturated heterocycles. The van der Waals surface area contributed by atoms with Crippen molar-refractivity contribution in [2.24, 2.45) is 11.3 Å². The van der Waals surface area contributed by atoms with Gasteiger partial charge in [0.25, 0.3) is 5.91 Å². The quantitative estimate of drug-likeness (QED) is 0.676. The fraction of sp³-hybridized carbons (Fsp3) is 0.615. The molecule has 182 valence electrons. The molecule has 0 aromatic carbocycles. The predicted octanol–water partition coefficient (Wildman–Crippen LogP) is 4.85. The minimum Gasteiger partial charge on any atom is -0.339 e. The first-order chi connectivity index (χ1) is 16.1. The van der Waals surface area contributed by atoms with Crippen LogP contribution in [0.5, 0.6) is 0 Å². The second-order valence-electron chi connectivity index (χ2n) is 10.7. The van der Waals surface area contributed by atoms with Crippen molar-refractivity contribution in [3.63, 3.8) is 0 Å². The number of thiophene rings is 1. The SMILES string of the molecule is Cc1nn(CC(=O)Nc2sc3c(c2C#N)CCC(C(C)(C)C)C3)c(C)c1C(=O)N1CCCCC1. The molecule has 2 aromatic rings. The number of nitrogens with zero attached hydrogens (tertiary/aromatic N) is 4. The topological polar surface area (TPSA) is 91.0 Å². The van der Waals surface area contributed by atoms with Crippen molar-refractivity contribution in [1.29, 1.82) is 5.26 Å². The zero-order chi connectivity index (χ0) is 24.6. The minimum atomic E-state index is -0.231. The molecule has 8 heteroatoms. The van der Waals surface area contributed by atoms with E-state index in [-0.39, 0.29) is 23.8 Å². The summed E-state index contributed by atoms with van der Waals surface area (Å²) in [6.07, 6.45) is 6.12. The first-order valence-electron chi connectivity index (χ1n) is 12.3. The van der Waals surface area contributed by atoms with Gasteiger partial charge in [0.05, 0.1) is 16.8 Å². The lowest BCUT2D eigenvalue weighted by Gasteiger charge is -2.33. The zero-order valence-corrected chi connectivity index (χ0v) is 21.8. The van der Waals surface area contributed by atoms with Crippen LogP contribution in [0.2, 0.25) is 0 Å². The Morgan fingerprint density at radius 2 is 1.91 bits per heavy atom. The number of piperidine rings is 1. The Balaban J connectivity index is 1.49. The molecule has 1 N–H and O–H groups in total. The number of aryl methyl sites for hydroxylation is 1. The maximum absolute atomic E-state index is 13.1. The van der Waals surface area contributed by atoms with E-state index in [1.165, 1.54) is 16.2 Å². The largest absolute Gasteiger partial charge is 0.339 e. The predicted molar refractivity (Wildman–Crippen MR) is 134 cm³/mol. The van der Waals surface area contributed by atoms with Crippen molar-refractivity contribution in [1.82, 2.24) is 14.7 Å². The maximum atomic E-state index is 13.1. The number of carbonyl (C=O) groups excluding carboxylic acids is 2. The van der Waals surface area contributed by atoms with Gasteiger partial charge in [-0.15, -0.1) is 11.3 Å². The number of likely N-dealkylation sites (tertiary alicyclic amines) is 1. The maximum Gasteiger partial charge on any atom is 0.257 e. The molecule has 0 bridgehead atoms. The fourth-order valence-corrected chi connectivity index (χ4v) is 6.54. The summed E-state index contributed by atoms with van der Waals surface area (Å²) in [5.74, 6) is 0.344. The van der Waals surface area contributed by atoms with Crippen LogP contribution < -0.4 is 5.32 Å². The summed E-state index contributed by atoms with van der Waals surface area (Å²) in [5.41, 5.74) is 3.89. The standard InChI is InChI=1S/C26H35N5O2S/c1-16-23(25(33)30-11-7-6-8-12-30)17(2)31(29-16)15-22(32)28-24-20(14-27)19-10-9-18(26(3,4)5)13-21(19)34-24/h18H,6-13,15H2,1-5H3,(H,28,32).